The standard InChI is InChI=1S/C21H16F2N4O/c22-16-6-1-4-14(10-16)11-18(15-5-2-7-17(23)12-15)25-20(28)19-13-27-9-3-8-24-21(27)26-19/h1-10,12-13,18H,11H2,(H,25,28)/t18-/m1/s1. The first-order valence-corrected chi connectivity index (χ1v) is 8.69. The van der Waals surface area contributed by atoms with Crippen LogP contribution in [-0.2, 0) is 6.42 Å². The summed E-state index contributed by atoms with van der Waals surface area (Å²) in [6.07, 6.45) is 5.20. The predicted octanol–water partition coefficient (Wildman–Crippen LogP) is 3.72. The fourth-order valence-corrected chi connectivity index (χ4v) is 3.05. The van der Waals surface area contributed by atoms with Crippen molar-refractivity contribution in [2.24, 2.45) is 0 Å². The molecule has 0 unspecified atom stereocenters. The molecule has 0 aliphatic carbocycles. The topological polar surface area (TPSA) is 59.3 Å². The zero-order chi connectivity index (χ0) is 19.5. The molecule has 7 heteroatoms. The maximum Gasteiger partial charge on any atom is 0.272 e. The summed E-state index contributed by atoms with van der Waals surface area (Å²) in [5, 5.41) is 2.87. The quantitative estimate of drug-likeness (QED) is 0.576. The Morgan fingerprint density at radius 1 is 1.07 bits per heavy atom. The van der Waals surface area contributed by atoms with Crippen LogP contribution >= 0.6 is 0 Å². The van der Waals surface area contributed by atoms with Gasteiger partial charge in [-0.15, -0.1) is 0 Å². The van der Waals surface area contributed by atoms with Gasteiger partial charge in [-0.1, -0.05) is 24.3 Å². The molecule has 1 atom stereocenters. The molecule has 1 amide bonds. The van der Waals surface area contributed by atoms with Crippen LogP contribution in [0.15, 0.2) is 73.2 Å². The summed E-state index contributed by atoms with van der Waals surface area (Å²) in [6, 6.07) is 13.3. The molecule has 4 rings (SSSR count). The lowest BCUT2D eigenvalue weighted by atomic mass is 9.98. The minimum Gasteiger partial charge on any atom is -0.344 e. The highest BCUT2D eigenvalue weighted by atomic mass is 19.1. The van der Waals surface area contributed by atoms with Gasteiger partial charge >= 0.3 is 0 Å². The van der Waals surface area contributed by atoms with E-state index in [-0.39, 0.29) is 11.5 Å². The van der Waals surface area contributed by atoms with E-state index in [1.807, 2.05) is 0 Å². The molecule has 28 heavy (non-hydrogen) atoms. The van der Waals surface area contributed by atoms with E-state index in [1.165, 1.54) is 24.3 Å². The number of carbonyl (C=O) groups excluding carboxylic acids is 1. The molecule has 0 aliphatic heterocycles. The fourth-order valence-electron chi connectivity index (χ4n) is 3.05. The van der Waals surface area contributed by atoms with Crippen molar-refractivity contribution in [3.8, 4) is 0 Å². The monoisotopic (exact) mass is 378 g/mol. The van der Waals surface area contributed by atoms with E-state index in [1.54, 1.807) is 53.3 Å². The second-order valence-corrected chi connectivity index (χ2v) is 6.37. The van der Waals surface area contributed by atoms with Crippen molar-refractivity contribution < 1.29 is 13.6 Å². The van der Waals surface area contributed by atoms with Crippen molar-refractivity contribution >= 4 is 11.7 Å². The predicted molar refractivity (Wildman–Crippen MR) is 99.7 cm³/mol. The number of hydrogen-bond donors (Lipinski definition) is 1. The van der Waals surface area contributed by atoms with E-state index in [2.05, 4.69) is 15.3 Å². The average Bonchev–Trinajstić information content (AvgIpc) is 3.12. The highest BCUT2D eigenvalue weighted by Gasteiger charge is 2.19. The van der Waals surface area contributed by atoms with Crippen LogP contribution in [0.5, 0.6) is 0 Å². The first kappa shape index (κ1) is 17.8. The van der Waals surface area contributed by atoms with E-state index in [9.17, 15) is 13.6 Å². The van der Waals surface area contributed by atoms with Gasteiger partial charge in [0, 0.05) is 18.6 Å². The molecular formula is C21H16F2N4O. The summed E-state index contributed by atoms with van der Waals surface area (Å²) < 4.78 is 28.9. The van der Waals surface area contributed by atoms with Crippen molar-refractivity contribution in [1.29, 1.82) is 0 Å². The Morgan fingerprint density at radius 2 is 1.86 bits per heavy atom. The minimum atomic E-state index is -0.553. The Balaban J connectivity index is 1.63. The van der Waals surface area contributed by atoms with Crippen LogP contribution < -0.4 is 5.32 Å². The first-order valence-electron chi connectivity index (χ1n) is 8.69. The van der Waals surface area contributed by atoms with Crippen molar-refractivity contribution in [2.75, 3.05) is 0 Å². The van der Waals surface area contributed by atoms with Crippen LogP contribution in [0.2, 0.25) is 0 Å². The van der Waals surface area contributed by atoms with Gasteiger partial charge in [0.2, 0.25) is 5.78 Å². The van der Waals surface area contributed by atoms with Gasteiger partial charge in [0.15, 0.2) is 0 Å². The Hall–Kier alpha value is -3.61. The molecular weight excluding hydrogens is 362 g/mol. The van der Waals surface area contributed by atoms with Crippen molar-refractivity contribution in [2.45, 2.75) is 12.5 Å². The molecule has 140 valence electrons. The van der Waals surface area contributed by atoms with Gasteiger partial charge in [-0.3, -0.25) is 9.20 Å². The Labute approximate surface area is 159 Å². The lowest BCUT2D eigenvalue weighted by molar-refractivity contribution is 0.0932. The highest BCUT2D eigenvalue weighted by Crippen LogP contribution is 2.21. The lowest BCUT2D eigenvalue weighted by Crippen LogP contribution is -2.30. The lowest BCUT2D eigenvalue weighted by Gasteiger charge is -2.19. The van der Waals surface area contributed by atoms with Gasteiger partial charge in [0.25, 0.3) is 5.91 Å². The third-order valence-corrected chi connectivity index (χ3v) is 4.35. The average molecular weight is 378 g/mol. The largest absolute Gasteiger partial charge is 0.344 e. The Kier molecular flexibility index (Phi) is 4.80. The third-order valence-electron chi connectivity index (χ3n) is 4.35. The summed E-state index contributed by atoms with van der Waals surface area (Å²) in [6.45, 7) is 0. The number of halogens is 2. The van der Waals surface area contributed by atoms with Crippen LogP contribution in [0.3, 0.4) is 0 Å². The third kappa shape index (κ3) is 3.88. The number of fused-ring (bicyclic) bond motifs is 1. The number of amides is 1. The molecule has 1 N–H and O–H groups in total. The van der Waals surface area contributed by atoms with Crippen LogP contribution in [0.25, 0.3) is 5.78 Å². The summed E-state index contributed by atoms with van der Waals surface area (Å²) in [7, 11) is 0. The Morgan fingerprint density at radius 3 is 2.61 bits per heavy atom. The van der Waals surface area contributed by atoms with Crippen LogP contribution in [0.1, 0.15) is 27.7 Å². The number of rotatable bonds is 5. The van der Waals surface area contributed by atoms with Crippen molar-refractivity contribution in [1.82, 2.24) is 19.7 Å². The molecule has 0 spiro atoms. The molecule has 2 aromatic carbocycles. The number of hydrogen-bond acceptors (Lipinski definition) is 3. The molecule has 2 heterocycles. The molecule has 4 aromatic rings. The summed E-state index contributed by atoms with van der Waals surface area (Å²) in [5.41, 5.74) is 1.46. The number of aromatic nitrogens is 3. The minimum absolute atomic E-state index is 0.194. The van der Waals surface area contributed by atoms with Gasteiger partial charge in [-0.05, 0) is 47.9 Å². The molecule has 0 aliphatic rings. The maximum atomic E-state index is 13.7. The van der Waals surface area contributed by atoms with Crippen LogP contribution in [0, 0.1) is 11.6 Å². The van der Waals surface area contributed by atoms with Crippen molar-refractivity contribution in [3.63, 3.8) is 0 Å². The zero-order valence-corrected chi connectivity index (χ0v) is 14.7. The van der Waals surface area contributed by atoms with Gasteiger partial charge in [-0.25, -0.2) is 18.7 Å². The molecule has 0 saturated heterocycles. The SMILES string of the molecule is O=C(N[C@H](Cc1cccc(F)c1)c1cccc(F)c1)c1cn2cccnc2n1. The number of nitrogens with zero attached hydrogens (tertiary/aromatic N) is 3. The summed E-state index contributed by atoms with van der Waals surface area (Å²) >= 11 is 0. The zero-order valence-electron chi connectivity index (χ0n) is 14.7. The van der Waals surface area contributed by atoms with Crippen LogP contribution in [0.4, 0.5) is 8.78 Å². The first-order chi connectivity index (χ1) is 13.6. The number of nitrogens with one attached hydrogen (secondary N) is 1. The van der Waals surface area contributed by atoms with E-state index >= 15 is 0 Å². The van der Waals surface area contributed by atoms with Crippen LogP contribution in [-0.4, -0.2) is 20.3 Å². The molecule has 0 radical (unpaired) electrons. The van der Waals surface area contributed by atoms with Gasteiger partial charge in [0.05, 0.1) is 6.04 Å². The fraction of sp³-hybridized carbons (Fsp3) is 0.0952. The molecule has 0 bridgehead atoms. The number of benzene rings is 2. The van der Waals surface area contributed by atoms with Gasteiger partial charge < -0.3 is 5.32 Å². The van der Waals surface area contributed by atoms with E-state index < -0.39 is 17.8 Å². The van der Waals surface area contributed by atoms with Gasteiger partial charge in [0.1, 0.15) is 17.3 Å². The normalized spacial score (nSPS) is 12.1. The van der Waals surface area contributed by atoms with E-state index in [0.29, 0.717) is 23.3 Å². The highest BCUT2D eigenvalue weighted by molar-refractivity contribution is 5.93. The molecule has 2 aromatic heterocycles. The Bertz CT molecular complexity index is 1110. The number of imidazole rings is 1. The van der Waals surface area contributed by atoms with E-state index in [4.69, 9.17) is 0 Å². The van der Waals surface area contributed by atoms with Crippen molar-refractivity contribution in [3.05, 3.63) is 102 Å². The summed E-state index contributed by atoms with van der Waals surface area (Å²) in [5.74, 6) is -0.794. The molecule has 0 fully saturated rings. The molecule has 0 saturated carbocycles. The maximum absolute atomic E-state index is 13.7. The second-order valence-electron chi connectivity index (χ2n) is 6.37. The van der Waals surface area contributed by atoms with E-state index in [0.717, 1.165) is 0 Å². The number of carbonyl (C=O) groups is 1. The second kappa shape index (κ2) is 7.56. The smallest absolute Gasteiger partial charge is 0.272 e. The molecule has 5 nitrogen and oxygen atoms in total. The van der Waals surface area contributed by atoms with Gasteiger partial charge in [-0.2, -0.15) is 0 Å². The summed E-state index contributed by atoms with van der Waals surface area (Å²) in [4.78, 5) is 21.1.